The number of rotatable bonds is 6. The van der Waals surface area contributed by atoms with Crippen molar-refractivity contribution in [3.63, 3.8) is 0 Å². The normalized spacial score (nSPS) is 11.0. The maximum atomic E-state index is 12.8. The van der Waals surface area contributed by atoms with Crippen molar-refractivity contribution in [2.24, 2.45) is 0 Å². The van der Waals surface area contributed by atoms with Gasteiger partial charge in [-0.3, -0.25) is 19.5 Å². The molecule has 0 saturated heterocycles. The summed E-state index contributed by atoms with van der Waals surface area (Å²) in [6, 6.07) is 2.82. The average molecular weight is 421 g/mol. The first-order chi connectivity index (χ1) is 13.4. The Bertz CT molecular complexity index is 1070. The molecule has 148 valence electrons. The number of furan rings is 1. The number of carbonyl (C=O) groups excluding carboxylic acids is 2. The van der Waals surface area contributed by atoms with Gasteiger partial charge in [-0.05, 0) is 38.5 Å². The SMILES string of the molecule is CCn1c(SCC(=O)NC(=O)NCc2ccco2)nc2sc(C)c(C)c2c1=O. The lowest BCUT2D eigenvalue weighted by Gasteiger charge is -2.10. The molecule has 0 spiro atoms. The van der Waals surface area contributed by atoms with Gasteiger partial charge in [0.2, 0.25) is 5.91 Å². The third-order valence-electron chi connectivity index (χ3n) is 4.16. The Labute approximate surface area is 169 Å². The van der Waals surface area contributed by atoms with Crippen molar-refractivity contribution in [3.05, 3.63) is 45.0 Å². The first-order valence-corrected chi connectivity index (χ1v) is 10.4. The van der Waals surface area contributed by atoms with Crippen molar-refractivity contribution < 1.29 is 14.0 Å². The van der Waals surface area contributed by atoms with Gasteiger partial charge in [-0.1, -0.05) is 11.8 Å². The van der Waals surface area contributed by atoms with Crippen LogP contribution in [0.5, 0.6) is 0 Å². The van der Waals surface area contributed by atoms with Crippen molar-refractivity contribution in [2.75, 3.05) is 5.75 Å². The summed E-state index contributed by atoms with van der Waals surface area (Å²) in [4.78, 5) is 42.9. The van der Waals surface area contributed by atoms with E-state index in [1.165, 1.54) is 17.6 Å². The third-order valence-corrected chi connectivity index (χ3v) is 6.24. The van der Waals surface area contributed by atoms with Crippen LogP contribution in [0.2, 0.25) is 0 Å². The predicted octanol–water partition coefficient (Wildman–Crippen LogP) is 2.81. The van der Waals surface area contributed by atoms with Gasteiger partial charge in [0, 0.05) is 11.4 Å². The van der Waals surface area contributed by atoms with Crippen LogP contribution in [0.3, 0.4) is 0 Å². The van der Waals surface area contributed by atoms with Gasteiger partial charge >= 0.3 is 6.03 Å². The molecular formula is C18H20N4O4S2. The second-order valence-corrected chi connectivity index (χ2v) is 8.15. The van der Waals surface area contributed by atoms with Crippen molar-refractivity contribution in [3.8, 4) is 0 Å². The molecular weight excluding hydrogens is 400 g/mol. The average Bonchev–Trinajstić information content (AvgIpc) is 3.27. The number of amides is 3. The molecule has 10 heteroatoms. The Morgan fingerprint density at radius 2 is 2.14 bits per heavy atom. The number of fused-ring (bicyclic) bond motifs is 1. The summed E-state index contributed by atoms with van der Waals surface area (Å²) in [5.41, 5.74) is 0.843. The highest BCUT2D eigenvalue weighted by molar-refractivity contribution is 7.99. The summed E-state index contributed by atoms with van der Waals surface area (Å²) in [5, 5.41) is 5.89. The number of aromatic nitrogens is 2. The molecule has 3 heterocycles. The predicted molar refractivity (Wildman–Crippen MR) is 109 cm³/mol. The molecule has 0 radical (unpaired) electrons. The molecule has 0 atom stereocenters. The van der Waals surface area contributed by atoms with Crippen LogP contribution in [0.4, 0.5) is 4.79 Å². The first-order valence-electron chi connectivity index (χ1n) is 8.64. The van der Waals surface area contributed by atoms with E-state index < -0.39 is 11.9 Å². The molecule has 0 aliphatic rings. The largest absolute Gasteiger partial charge is 0.467 e. The van der Waals surface area contributed by atoms with E-state index in [1.54, 1.807) is 16.7 Å². The van der Waals surface area contributed by atoms with Crippen molar-refractivity contribution in [1.82, 2.24) is 20.2 Å². The van der Waals surface area contributed by atoms with Gasteiger partial charge in [0.15, 0.2) is 5.16 Å². The zero-order chi connectivity index (χ0) is 20.3. The van der Waals surface area contributed by atoms with Crippen LogP contribution in [0.15, 0.2) is 32.8 Å². The quantitative estimate of drug-likeness (QED) is 0.469. The van der Waals surface area contributed by atoms with E-state index in [4.69, 9.17) is 4.42 Å². The number of urea groups is 1. The van der Waals surface area contributed by atoms with Crippen LogP contribution >= 0.6 is 23.1 Å². The van der Waals surface area contributed by atoms with Crippen molar-refractivity contribution >= 4 is 45.3 Å². The van der Waals surface area contributed by atoms with Gasteiger partial charge in [-0.25, -0.2) is 9.78 Å². The van der Waals surface area contributed by atoms with Crippen LogP contribution in [-0.4, -0.2) is 27.2 Å². The van der Waals surface area contributed by atoms with Crippen molar-refractivity contribution in [1.29, 1.82) is 0 Å². The summed E-state index contributed by atoms with van der Waals surface area (Å²) in [6.07, 6.45) is 1.50. The first kappa shape index (κ1) is 20.2. The number of aryl methyl sites for hydroxylation is 2. The van der Waals surface area contributed by atoms with Crippen molar-refractivity contribution in [2.45, 2.75) is 39.0 Å². The fourth-order valence-electron chi connectivity index (χ4n) is 2.62. The minimum absolute atomic E-state index is 0.0323. The number of nitrogens with zero attached hydrogens (tertiary/aromatic N) is 2. The van der Waals surface area contributed by atoms with Crippen LogP contribution in [0.1, 0.15) is 23.1 Å². The Morgan fingerprint density at radius 3 is 2.82 bits per heavy atom. The van der Waals surface area contributed by atoms with Crippen LogP contribution in [0, 0.1) is 13.8 Å². The number of nitrogens with one attached hydrogen (secondary N) is 2. The highest BCUT2D eigenvalue weighted by Crippen LogP contribution is 2.28. The van der Waals surface area contributed by atoms with Gasteiger partial charge in [-0.15, -0.1) is 11.3 Å². The summed E-state index contributed by atoms with van der Waals surface area (Å²) >= 11 is 2.59. The molecule has 28 heavy (non-hydrogen) atoms. The van der Waals surface area contributed by atoms with Crippen LogP contribution in [0.25, 0.3) is 10.2 Å². The summed E-state index contributed by atoms with van der Waals surface area (Å²) in [6.45, 7) is 6.36. The number of thioether (sulfide) groups is 1. The lowest BCUT2D eigenvalue weighted by molar-refractivity contribution is -0.117. The highest BCUT2D eigenvalue weighted by atomic mass is 32.2. The molecule has 3 aromatic rings. The van der Waals surface area contributed by atoms with Gasteiger partial charge in [-0.2, -0.15) is 0 Å². The zero-order valence-electron chi connectivity index (χ0n) is 15.7. The lowest BCUT2D eigenvalue weighted by Crippen LogP contribution is -2.40. The Kier molecular flexibility index (Phi) is 6.20. The molecule has 0 aliphatic carbocycles. The van der Waals surface area contributed by atoms with E-state index in [1.807, 2.05) is 20.8 Å². The minimum Gasteiger partial charge on any atom is -0.467 e. The second kappa shape index (κ2) is 8.61. The minimum atomic E-state index is -0.609. The summed E-state index contributed by atoms with van der Waals surface area (Å²) in [7, 11) is 0. The van der Waals surface area contributed by atoms with Crippen LogP contribution < -0.4 is 16.2 Å². The molecule has 0 aliphatic heterocycles. The van der Waals surface area contributed by atoms with Crippen LogP contribution in [-0.2, 0) is 17.9 Å². The summed E-state index contributed by atoms with van der Waals surface area (Å²) in [5.74, 6) is 0.0793. The number of carbonyl (C=O) groups is 2. The molecule has 0 unspecified atom stereocenters. The fraction of sp³-hybridized carbons (Fsp3) is 0.333. The second-order valence-electron chi connectivity index (χ2n) is 6.01. The maximum Gasteiger partial charge on any atom is 0.321 e. The molecule has 3 amide bonds. The molecule has 3 rings (SSSR count). The van der Waals surface area contributed by atoms with E-state index >= 15 is 0 Å². The van der Waals surface area contributed by atoms with E-state index in [9.17, 15) is 14.4 Å². The maximum absolute atomic E-state index is 12.8. The Hall–Kier alpha value is -2.59. The standard InChI is InChI=1S/C18H20N4O4S2/c1-4-22-16(24)14-10(2)11(3)28-15(14)21-18(22)27-9-13(23)20-17(25)19-8-12-6-5-7-26-12/h5-7H,4,8-9H2,1-3H3,(H2,19,20,23,25). The van der Waals surface area contributed by atoms with Gasteiger partial charge in [0.1, 0.15) is 10.6 Å². The smallest absolute Gasteiger partial charge is 0.321 e. The molecule has 0 bridgehead atoms. The van der Waals surface area contributed by atoms with Gasteiger partial charge < -0.3 is 9.73 Å². The number of imide groups is 1. The lowest BCUT2D eigenvalue weighted by atomic mass is 10.2. The molecule has 8 nitrogen and oxygen atoms in total. The van der Waals surface area contributed by atoms with Gasteiger partial charge in [0.25, 0.3) is 5.56 Å². The summed E-state index contributed by atoms with van der Waals surface area (Å²) < 4.78 is 6.66. The van der Waals surface area contributed by atoms with Gasteiger partial charge in [0.05, 0.1) is 23.9 Å². The molecule has 0 saturated carbocycles. The van der Waals surface area contributed by atoms with E-state index in [2.05, 4.69) is 15.6 Å². The molecule has 0 fully saturated rings. The third kappa shape index (κ3) is 4.28. The highest BCUT2D eigenvalue weighted by Gasteiger charge is 2.17. The zero-order valence-corrected chi connectivity index (χ0v) is 17.3. The number of thiophene rings is 1. The van der Waals surface area contributed by atoms with E-state index in [0.29, 0.717) is 27.7 Å². The molecule has 3 aromatic heterocycles. The van der Waals surface area contributed by atoms with E-state index in [0.717, 1.165) is 22.2 Å². The number of hydrogen-bond donors (Lipinski definition) is 2. The molecule has 2 N–H and O–H groups in total. The Balaban J connectivity index is 1.65. The number of hydrogen-bond acceptors (Lipinski definition) is 7. The molecule has 0 aromatic carbocycles. The fourth-order valence-corrected chi connectivity index (χ4v) is 4.55. The topological polar surface area (TPSA) is 106 Å². The monoisotopic (exact) mass is 420 g/mol. The van der Waals surface area contributed by atoms with E-state index in [-0.39, 0.29) is 17.9 Å². The Morgan fingerprint density at radius 1 is 1.36 bits per heavy atom.